The van der Waals surface area contributed by atoms with Gasteiger partial charge in [0.05, 0.1) is 0 Å². The van der Waals surface area contributed by atoms with E-state index in [0.29, 0.717) is 6.42 Å². The van der Waals surface area contributed by atoms with E-state index in [2.05, 4.69) is 26.1 Å². The van der Waals surface area contributed by atoms with E-state index in [-0.39, 0.29) is 11.3 Å². The lowest BCUT2D eigenvalue weighted by atomic mass is 9.90. The van der Waals surface area contributed by atoms with Gasteiger partial charge in [-0.05, 0) is 30.4 Å². The molecule has 2 heteroatoms. The van der Waals surface area contributed by atoms with Gasteiger partial charge in [0.2, 0.25) is 5.91 Å². The van der Waals surface area contributed by atoms with Gasteiger partial charge in [0.1, 0.15) is 0 Å². The monoisotopic (exact) mass is 219 g/mol. The zero-order valence-electron chi connectivity index (χ0n) is 10.6. The highest BCUT2D eigenvalue weighted by Crippen LogP contribution is 2.21. The Bertz CT molecular complexity index is 363. The molecule has 1 aromatic rings. The van der Waals surface area contributed by atoms with Crippen molar-refractivity contribution in [1.82, 2.24) is 0 Å². The molecule has 2 nitrogen and oxygen atoms in total. The Morgan fingerprint density at radius 2 is 1.88 bits per heavy atom. The van der Waals surface area contributed by atoms with Gasteiger partial charge in [-0.25, -0.2) is 0 Å². The van der Waals surface area contributed by atoms with Crippen LogP contribution < -0.4 is 5.32 Å². The molecule has 1 aromatic carbocycles. The van der Waals surface area contributed by atoms with E-state index in [1.54, 1.807) is 0 Å². The van der Waals surface area contributed by atoms with Gasteiger partial charge in [0, 0.05) is 12.1 Å². The first-order valence-electron chi connectivity index (χ1n) is 5.74. The Kier molecular flexibility index (Phi) is 4.11. The molecule has 0 spiro atoms. The zero-order valence-corrected chi connectivity index (χ0v) is 10.6. The maximum atomic E-state index is 11.7. The number of aryl methyl sites for hydroxylation is 1. The number of hydrogen-bond donors (Lipinski definition) is 1. The fourth-order valence-electron chi connectivity index (χ4n) is 1.41. The molecular weight excluding hydrogens is 198 g/mol. The van der Waals surface area contributed by atoms with Crippen LogP contribution in [0.15, 0.2) is 24.3 Å². The van der Waals surface area contributed by atoms with Crippen LogP contribution in [0.2, 0.25) is 0 Å². The van der Waals surface area contributed by atoms with Crippen molar-refractivity contribution in [2.45, 2.75) is 40.5 Å². The molecule has 0 unspecified atom stereocenters. The van der Waals surface area contributed by atoms with Crippen LogP contribution in [0.25, 0.3) is 0 Å². The molecule has 0 aromatic heterocycles. The van der Waals surface area contributed by atoms with Crippen LogP contribution in [0.4, 0.5) is 5.69 Å². The fraction of sp³-hybridized carbons (Fsp3) is 0.500. The average Bonchev–Trinajstić information content (AvgIpc) is 2.18. The van der Waals surface area contributed by atoms with Crippen LogP contribution >= 0.6 is 0 Å². The van der Waals surface area contributed by atoms with Crippen molar-refractivity contribution >= 4 is 11.6 Å². The summed E-state index contributed by atoms with van der Waals surface area (Å²) in [4.78, 5) is 11.7. The van der Waals surface area contributed by atoms with Crippen molar-refractivity contribution in [3.63, 3.8) is 0 Å². The summed E-state index contributed by atoms with van der Waals surface area (Å²) in [5.41, 5.74) is 2.23. The van der Waals surface area contributed by atoms with Crippen molar-refractivity contribution in [1.29, 1.82) is 0 Å². The number of benzene rings is 1. The maximum absolute atomic E-state index is 11.7. The summed E-state index contributed by atoms with van der Waals surface area (Å²) in [6.07, 6.45) is 1.49. The zero-order chi connectivity index (χ0) is 12.2. The smallest absolute Gasteiger partial charge is 0.224 e. The third-order valence-corrected chi connectivity index (χ3v) is 2.52. The Morgan fingerprint density at radius 3 is 2.44 bits per heavy atom. The highest BCUT2D eigenvalue weighted by atomic mass is 16.1. The van der Waals surface area contributed by atoms with Crippen molar-refractivity contribution in [2.24, 2.45) is 5.41 Å². The summed E-state index contributed by atoms with van der Waals surface area (Å²) in [6.45, 7) is 8.44. The minimum Gasteiger partial charge on any atom is -0.326 e. The molecule has 0 saturated heterocycles. The van der Waals surface area contributed by atoms with E-state index in [4.69, 9.17) is 0 Å². The average molecular weight is 219 g/mol. The second-order valence-corrected chi connectivity index (χ2v) is 5.42. The lowest BCUT2D eigenvalue weighted by molar-refractivity contribution is -0.116. The summed E-state index contributed by atoms with van der Waals surface area (Å²) >= 11 is 0. The lowest BCUT2D eigenvalue weighted by Crippen LogP contribution is -2.15. The Balaban J connectivity index is 2.50. The Hall–Kier alpha value is -1.31. The Morgan fingerprint density at radius 1 is 1.25 bits per heavy atom. The minimum atomic E-state index is 0.101. The second kappa shape index (κ2) is 5.15. The molecule has 0 heterocycles. The molecule has 88 valence electrons. The van der Waals surface area contributed by atoms with E-state index in [1.807, 2.05) is 31.2 Å². The van der Waals surface area contributed by atoms with Crippen molar-refractivity contribution in [2.75, 3.05) is 5.32 Å². The van der Waals surface area contributed by atoms with Gasteiger partial charge < -0.3 is 5.32 Å². The molecule has 1 amide bonds. The van der Waals surface area contributed by atoms with Crippen molar-refractivity contribution in [3.05, 3.63) is 29.8 Å². The van der Waals surface area contributed by atoms with Crippen molar-refractivity contribution in [3.8, 4) is 0 Å². The van der Waals surface area contributed by atoms with Crippen LogP contribution in [0, 0.1) is 12.3 Å². The highest BCUT2D eigenvalue weighted by molar-refractivity contribution is 5.91. The highest BCUT2D eigenvalue weighted by Gasteiger charge is 2.13. The fourth-order valence-corrected chi connectivity index (χ4v) is 1.41. The van der Waals surface area contributed by atoms with Crippen LogP contribution in [-0.4, -0.2) is 5.91 Å². The van der Waals surface area contributed by atoms with Crippen LogP contribution in [0.1, 0.15) is 39.2 Å². The quantitative estimate of drug-likeness (QED) is 0.824. The van der Waals surface area contributed by atoms with Crippen LogP contribution in [0.5, 0.6) is 0 Å². The molecule has 1 rings (SSSR count). The van der Waals surface area contributed by atoms with Gasteiger partial charge in [0.25, 0.3) is 0 Å². The number of carbonyl (C=O) groups excluding carboxylic acids is 1. The molecule has 1 N–H and O–H groups in total. The molecular formula is C14H21NO. The van der Waals surface area contributed by atoms with Gasteiger partial charge >= 0.3 is 0 Å². The van der Waals surface area contributed by atoms with Crippen molar-refractivity contribution < 1.29 is 4.79 Å². The molecule has 16 heavy (non-hydrogen) atoms. The summed E-state index contributed by atoms with van der Waals surface area (Å²) in [5.74, 6) is 0.101. The lowest BCUT2D eigenvalue weighted by Gasteiger charge is -2.17. The predicted octanol–water partition coefficient (Wildman–Crippen LogP) is 3.76. The molecule has 0 radical (unpaired) electrons. The van der Waals surface area contributed by atoms with E-state index < -0.39 is 0 Å². The molecule has 0 saturated carbocycles. The molecule has 0 atom stereocenters. The topological polar surface area (TPSA) is 29.1 Å². The summed E-state index contributed by atoms with van der Waals surface area (Å²) in [6, 6.07) is 7.84. The van der Waals surface area contributed by atoms with E-state index in [9.17, 15) is 4.79 Å². The van der Waals surface area contributed by atoms with Gasteiger partial charge in [-0.3, -0.25) is 4.79 Å². The van der Waals surface area contributed by atoms with Crippen LogP contribution in [-0.2, 0) is 4.79 Å². The first-order valence-corrected chi connectivity index (χ1v) is 5.74. The summed E-state index contributed by atoms with van der Waals surface area (Å²) in [7, 11) is 0. The summed E-state index contributed by atoms with van der Waals surface area (Å²) in [5, 5.41) is 2.94. The largest absolute Gasteiger partial charge is 0.326 e. The Labute approximate surface area is 98.1 Å². The molecule has 0 fully saturated rings. The number of amides is 1. The maximum Gasteiger partial charge on any atom is 0.224 e. The minimum absolute atomic E-state index is 0.101. The standard InChI is InChI=1S/C14H21NO/c1-11-7-5-6-8-12(11)15-13(16)9-10-14(2,3)4/h5-8H,9-10H2,1-4H3,(H,15,16). The molecule has 0 aliphatic heterocycles. The second-order valence-electron chi connectivity index (χ2n) is 5.42. The van der Waals surface area contributed by atoms with E-state index >= 15 is 0 Å². The third-order valence-electron chi connectivity index (χ3n) is 2.52. The van der Waals surface area contributed by atoms with Gasteiger partial charge in [0.15, 0.2) is 0 Å². The van der Waals surface area contributed by atoms with Gasteiger partial charge in [-0.15, -0.1) is 0 Å². The predicted molar refractivity (Wildman–Crippen MR) is 68.5 cm³/mol. The number of para-hydroxylation sites is 1. The molecule has 0 bridgehead atoms. The van der Waals surface area contributed by atoms with E-state index in [0.717, 1.165) is 17.7 Å². The van der Waals surface area contributed by atoms with E-state index in [1.165, 1.54) is 0 Å². The van der Waals surface area contributed by atoms with Gasteiger partial charge in [-0.2, -0.15) is 0 Å². The number of carbonyl (C=O) groups is 1. The number of rotatable bonds is 3. The first-order chi connectivity index (χ1) is 7.38. The number of nitrogens with one attached hydrogen (secondary N) is 1. The number of anilines is 1. The van der Waals surface area contributed by atoms with Crippen LogP contribution in [0.3, 0.4) is 0 Å². The third kappa shape index (κ3) is 4.47. The SMILES string of the molecule is Cc1ccccc1NC(=O)CCC(C)(C)C. The van der Waals surface area contributed by atoms with Gasteiger partial charge in [-0.1, -0.05) is 39.0 Å². The molecule has 0 aliphatic carbocycles. The normalized spacial score (nSPS) is 11.2. The summed E-state index contributed by atoms with van der Waals surface area (Å²) < 4.78 is 0. The number of hydrogen-bond acceptors (Lipinski definition) is 1. The molecule has 0 aliphatic rings. The first kappa shape index (κ1) is 12.8.